The van der Waals surface area contributed by atoms with E-state index in [2.05, 4.69) is 32.5 Å². The molecular formula is C18H37N5O. The van der Waals surface area contributed by atoms with E-state index in [0.29, 0.717) is 0 Å². The minimum Gasteiger partial charge on any atom is -0.381 e. The van der Waals surface area contributed by atoms with Gasteiger partial charge >= 0.3 is 0 Å². The number of rotatable bonds is 11. The Morgan fingerprint density at radius 1 is 1.04 bits per heavy atom. The molecule has 2 aliphatic rings. The molecule has 0 bridgehead atoms. The molecule has 2 N–H and O–H groups in total. The van der Waals surface area contributed by atoms with Crippen LogP contribution in [-0.2, 0) is 4.74 Å². The first-order valence-corrected chi connectivity index (χ1v) is 9.71. The number of hydrogen-bond acceptors (Lipinski definition) is 4. The van der Waals surface area contributed by atoms with Crippen LogP contribution >= 0.6 is 0 Å². The first kappa shape index (κ1) is 19.5. The smallest absolute Gasteiger partial charge is 0.190 e. The van der Waals surface area contributed by atoms with E-state index in [9.17, 15) is 0 Å². The first-order valence-electron chi connectivity index (χ1n) is 9.71. The van der Waals surface area contributed by atoms with Crippen molar-refractivity contribution in [1.29, 1.82) is 0 Å². The quantitative estimate of drug-likeness (QED) is 0.334. The lowest BCUT2D eigenvalue weighted by molar-refractivity contribution is 0.123. The predicted octanol–water partition coefficient (Wildman–Crippen LogP) is 0.996. The molecule has 0 aromatic rings. The van der Waals surface area contributed by atoms with Crippen molar-refractivity contribution in [2.75, 3.05) is 73.1 Å². The van der Waals surface area contributed by atoms with E-state index >= 15 is 0 Å². The minimum absolute atomic E-state index is 0.853. The molecule has 2 rings (SSSR count). The van der Waals surface area contributed by atoms with Gasteiger partial charge in [0.2, 0.25) is 0 Å². The van der Waals surface area contributed by atoms with Gasteiger partial charge in [-0.25, -0.2) is 0 Å². The van der Waals surface area contributed by atoms with Crippen molar-refractivity contribution in [3.63, 3.8) is 0 Å². The monoisotopic (exact) mass is 339 g/mol. The Kier molecular flexibility index (Phi) is 9.46. The van der Waals surface area contributed by atoms with Gasteiger partial charge in [0.15, 0.2) is 5.96 Å². The van der Waals surface area contributed by atoms with Crippen molar-refractivity contribution in [1.82, 2.24) is 20.4 Å². The lowest BCUT2D eigenvalue weighted by Gasteiger charge is -2.32. The van der Waals surface area contributed by atoms with Crippen LogP contribution in [0.1, 0.15) is 32.1 Å². The molecule has 1 aliphatic carbocycles. The van der Waals surface area contributed by atoms with E-state index in [0.717, 1.165) is 44.6 Å². The van der Waals surface area contributed by atoms with E-state index < -0.39 is 0 Å². The normalized spacial score (nSPS) is 20.3. The maximum Gasteiger partial charge on any atom is 0.190 e. The van der Waals surface area contributed by atoms with Gasteiger partial charge in [-0.3, -0.25) is 4.99 Å². The number of ether oxygens (including phenoxy) is 1. The summed E-state index contributed by atoms with van der Waals surface area (Å²) in [4.78, 5) is 9.26. The van der Waals surface area contributed by atoms with Gasteiger partial charge in [0, 0.05) is 59.5 Å². The summed E-state index contributed by atoms with van der Waals surface area (Å²) >= 11 is 0. The van der Waals surface area contributed by atoms with E-state index in [4.69, 9.17) is 4.74 Å². The molecule has 6 nitrogen and oxygen atoms in total. The van der Waals surface area contributed by atoms with Gasteiger partial charge in [0.25, 0.3) is 0 Å². The lowest BCUT2D eigenvalue weighted by Crippen LogP contribution is -2.44. The molecule has 0 unspecified atom stereocenters. The van der Waals surface area contributed by atoms with Crippen LogP contribution in [0, 0.1) is 5.92 Å². The number of nitrogens with zero attached hydrogens (tertiary/aromatic N) is 3. The highest BCUT2D eigenvalue weighted by Crippen LogP contribution is 2.28. The molecule has 24 heavy (non-hydrogen) atoms. The van der Waals surface area contributed by atoms with Gasteiger partial charge in [-0.1, -0.05) is 0 Å². The molecule has 1 aliphatic heterocycles. The Labute approximate surface area is 148 Å². The number of aliphatic imine (C=N–C) groups is 1. The molecule has 1 heterocycles. The molecule has 140 valence electrons. The molecule has 0 aromatic carbocycles. The zero-order chi connectivity index (χ0) is 17.0. The number of unbranched alkanes of at least 4 members (excludes halogenated alkanes) is 1. The fraction of sp³-hybridized carbons (Fsp3) is 0.944. The summed E-state index contributed by atoms with van der Waals surface area (Å²) in [5, 5.41) is 6.77. The summed E-state index contributed by atoms with van der Waals surface area (Å²) in [5.41, 5.74) is 0. The third kappa shape index (κ3) is 8.85. The van der Waals surface area contributed by atoms with Crippen molar-refractivity contribution in [3.8, 4) is 0 Å². The fourth-order valence-corrected chi connectivity index (χ4v) is 2.87. The van der Waals surface area contributed by atoms with Crippen LogP contribution in [0.4, 0.5) is 0 Å². The number of piperazine rings is 1. The number of guanidine groups is 1. The highest BCUT2D eigenvalue weighted by Gasteiger charge is 2.20. The zero-order valence-corrected chi connectivity index (χ0v) is 15.7. The van der Waals surface area contributed by atoms with Crippen molar-refractivity contribution < 1.29 is 4.74 Å². The summed E-state index contributed by atoms with van der Waals surface area (Å²) in [5.74, 6) is 1.77. The molecule has 0 radical (unpaired) electrons. The first-order chi connectivity index (χ1) is 11.8. The summed E-state index contributed by atoms with van der Waals surface area (Å²) in [6.45, 7) is 9.80. The number of hydrogen-bond donors (Lipinski definition) is 2. The molecule has 1 saturated heterocycles. The van der Waals surface area contributed by atoms with Crippen LogP contribution in [0.15, 0.2) is 4.99 Å². The van der Waals surface area contributed by atoms with Gasteiger partial charge in [-0.05, 0) is 51.6 Å². The van der Waals surface area contributed by atoms with Gasteiger partial charge in [0.05, 0.1) is 0 Å². The van der Waals surface area contributed by atoms with Crippen LogP contribution in [0.3, 0.4) is 0 Å². The van der Waals surface area contributed by atoms with Crippen molar-refractivity contribution in [2.24, 2.45) is 10.9 Å². The van der Waals surface area contributed by atoms with E-state index in [1.165, 1.54) is 58.4 Å². The zero-order valence-electron chi connectivity index (χ0n) is 15.7. The Balaban J connectivity index is 1.38. The van der Waals surface area contributed by atoms with E-state index in [1.807, 2.05) is 7.05 Å². The summed E-state index contributed by atoms with van der Waals surface area (Å²) in [7, 11) is 4.04. The lowest BCUT2D eigenvalue weighted by atomic mass is 10.2. The van der Waals surface area contributed by atoms with Crippen molar-refractivity contribution >= 4 is 5.96 Å². The molecule has 0 amide bonds. The molecular weight excluding hydrogens is 302 g/mol. The van der Waals surface area contributed by atoms with Gasteiger partial charge in [0.1, 0.15) is 0 Å². The third-order valence-electron chi connectivity index (χ3n) is 4.82. The van der Waals surface area contributed by atoms with Crippen molar-refractivity contribution in [3.05, 3.63) is 0 Å². The second-order valence-electron chi connectivity index (χ2n) is 7.15. The van der Waals surface area contributed by atoms with Gasteiger partial charge in [-0.2, -0.15) is 0 Å². The van der Waals surface area contributed by atoms with Crippen LogP contribution < -0.4 is 10.6 Å². The Morgan fingerprint density at radius 3 is 2.42 bits per heavy atom. The van der Waals surface area contributed by atoms with Crippen LogP contribution in [0.2, 0.25) is 0 Å². The Morgan fingerprint density at radius 2 is 1.75 bits per heavy atom. The molecule has 0 spiro atoms. The second kappa shape index (κ2) is 11.7. The third-order valence-corrected chi connectivity index (χ3v) is 4.82. The molecule has 1 saturated carbocycles. The number of likely N-dealkylation sites (N-methyl/N-ethyl adjacent to an activating group) is 1. The average molecular weight is 340 g/mol. The average Bonchev–Trinajstić information content (AvgIpc) is 3.41. The van der Waals surface area contributed by atoms with Gasteiger partial charge in [-0.15, -0.1) is 0 Å². The standard InChI is InChI=1S/C18H37N5O/c1-19-18(21-9-5-15-24-16-17-6-7-17)20-8-3-4-10-23-13-11-22(2)12-14-23/h17H,3-16H2,1-2H3,(H2,19,20,21). The molecule has 0 aromatic heterocycles. The molecule has 0 atom stereocenters. The maximum atomic E-state index is 5.64. The highest BCUT2D eigenvalue weighted by molar-refractivity contribution is 5.79. The summed E-state index contributed by atoms with van der Waals surface area (Å²) in [6.07, 6.45) is 6.21. The van der Waals surface area contributed by atoms with Crippen LogP contribution in [-0.4, -0.2) is 88.9 Å². The summed E-state index contributed by atoms with van der Waals surface area (Å²) < 4.78 is 5.64. The Hall–Kier alpha value is -0.850. The van der Waals surface area contributed by atoms with Crippen LogP contribution in [0.25, 0.3) is 0 Å². The second-order valence-corrected chi connectivity index (χ2v) is 7.15. The van der Waals surface area contributed by atoms with Crippen LogP contribution in [0.5, 0.6) is 0 Å². The minimum atomic E-state index is 0.853. The Bertz CT molecular complexity index is 351. The van der Waals surface area contributed by atoms with Crippen molar-refractivity contribution in [2.45, 2.75) is 32.1 Å². The fourth-order valence-electron chi connectivity index (χ4n) is 2.87. The number of nitrogens with one attached hydrogen (secondary N) is 2. The molecule has 2 fully saturated rings. The summed E-state index contributed by atoms with van der Waals surface area (Å²) in [6, 6.07) is 0. The van der Waals surface area contributed by atoms with Gasteiger partial charge < -0.3 is 25.2 Å². The van der Waals surface area contributed by atoms with E-state index in [1.54, 1.807) is 0 Å². The topological polar surface area (TPSA) is 52.1 Å². The maximum absolute atomic E-state index is 5.64. The largest absolute Gasteiger partial charge is 0.381 e. The SMILES string of the molecule is CN=C(NCCCCN1CCN(C)CC1)NCCCOCC1CC1. The van der Waals surface area contributed by atoms with E-state index in [-0.39, 0.29) is 0 Å². The molecule has 6 heteroatoms. The highest BCUT2D eigenvalue weighted by atomic mass is 16.5. The predicted molar refractivity (Wildman–Crippen MR) is 101 cm³/mol.